The number of Topliss-reactive ketones (excluding diaryl/α,β-unsaturated/α-hetero) is 1. The van der Waals surface area contributed by atoms with E-state index < -0.39 is 43.4 Å². The fourth-order valence-corrected chi connectivity index (χ4v) is 8.29. The summed E-state index contributed by atoms with van der Waals surface area (Å²) in [4.78, 5) is 12.4. The molecule has 8 heteroatoms. The third kappa shape index (κ3) is 12.6. The van der Waals surface area contributed by atoms with Gasteiger partial charge in [0.2, 0.25) is 0 Å². The van der Waals surface area contributed by atoms with Gasteiger partial charge in [-0.05, 0) is 119 Å². The SMILES string of the molecule is CC1=C(/C=C/C(C)=C/C=C/C(C)=C/C=C/C=C(C)/C=C/C=C(C)/C=C/C2=C(C)C(=C3CCC3)C(OC3OC(CO)C(O)C(O)C3O)CC2(C)C)C(C(C)C)CC(O)C1=O. The van der Waals surface area contributed by atoms with Gasteiger partial charge < -0.3 is 35.0 Å². The molecule has 8 nitrogen and oxygen atoms in total. The lowest BCUT2D eigenvalue weighted by atomic mass is 9.67. The smallest absolute Gasteiger partial charge is 0.187 e. The van der Waals surface area contributed by atoms with Gasteiger partial charge >= 0.3 is 0 Å². The summed E-state index contributed by atoms with van der Waals surface area (Å²) in [7, 11) is 0. The summed E-state index contributed by atoms with van der Waals surface area (Å²) in [5.74, 6) is 0.341. The summed E-state index contributed by atoms with van der Waals surface area (Å²) in [5.41, 5.74) is 10.7. The molecule has 4 rings (SSSR count). The Bertz CT molecular complexity index is 1890. The summed E-state index contributed by atoms with van der Waals surface area (Å²) in [5, 5.41) is 51.2. The molecule has 0 aromatic heterocycles. The van der Waals surface area contributed by atoms with Crippen molar-refractivity contribution in [3.8, 4) is 0 Å². The lowest BCUT2D eigenvalue weighted by Gasteiger charge is -2.45. The van der Waals surface area contributed by atoms with Gasteiger partial charge in [0.25, 0.3) is 0 Å². The number of ether oxygens (including phenoxy) is 2. The molecule has 3 aliphatic carbocycles. The Morgan fingerprint density at radius 2 is 1.32 bits per heavy atom. The van der Waals surface area contributed by atoms with Crippen LogP contribution in [0.25, 0.3) is 0 Å². The predicted octanol–water partition coefficient (Wildman–Crippen LogP) is 8.89. The van der Waals surface area contributed by atoms with Crippen molar-refractivity contribution in [3.05, 3.63) is 141 Å². The number of aliphatic hydroxyl groups excluding tert-OH is 5. The maximum atomic E-state index is 12.4. The van der Waals surface area contributed by atoms with Crippen LogP contribution in [-0.2, 0) is 14.3 Å². The Labute approximate surface area is 353 Å². The van der Waals surface area contributed by atoms with Crippen LogP contribution in [0.5, 0.6) is 0 Å². The van der Waals surface area contributed by atoms with E-state index in [4.69, 9.17) is 9.47 Å². The molecule has 1 saturated carbocycles. The number of hydrogen-bond donors (Lipinski definition) is 5. The number of carbonyl (C=O) groups is 1. The predicted molar refractivity (Wildman–Crippen MR) is 238 cm³/mol. The average molecular weight is 811 g/mol. The van der Waals surface area contributed by atoms with Gasteiger partial charge in [-0.3, -0.25) is 4.79 Å². The zero-order valence-electron chi connectivity index (χ0n) is 37.0. The quantitative estimate of drug-likeness (QED) is 0.110. The van der Waals surface area contributed by atoms with E-state index in [-0.39, 0.29) is 23.2 Å². The highest BCUT2D eigenvalue weighted by atomic mass is 16.7. The van der Waals surface area contributed by atoms with Gasteiger partial charge in [0.1, 0.15) is 30.5 Å². The van der Waals surface area contributed by atoms with Gasteiger partial charge in [0.15, 0.2) is 12.1 Å². The zero-order chi connectivity index (χ0) is 43.6. The van der Waals surface area contributed by atoms with Crippen LogP contribution >= 0.6 is 0 Å². The van der Waals surface area contributed by atoms with Crippen molar-refractivity contribution in [2.24, 2.45) is 17.3 Å². The van der Waals surface area contributed by atoms with Crippen LogP contribution in [0.2, 0.25) is 0 Å². The van der Waals surface area contributed by atoms with Crippen molar-refractivity contribution in [2.75, 3.05) is 6.61 Å². The molecule has 59 heavy (non-hydrogen) atoms. The highest BCUT2D eigenvalue weighted by molar-refractivity contribution is 6.00. The van der Waals surface area contributed by atoms with E-state index in [1.54, 1.807) is 0 Å². The molecule has 322 valence electrons. The summed E-state index contributed by atoms with van der Waals surface area (Å²) < 4.78 is 12.1. The first-order chi connectivity index (χ1) is 27.9. The molecule has 1 saturated heterocycles. The largest absolute Gasteiger partial charge is 0.394 e. The van der Waals surface area contributed by atoms with E-state index in [1.807, 2.05) is 44.2 Å². The van der Waals surface area contributed by atoms with Crippen molar-refractivity contribution in [1.82, 2.24) is 0 Å². The Morgan fingerprint density at radius 1 is 0.780 bits per heavy atom. The first-order valence-corrected chi connectivity index (χ1v) is 21.3. The number of aliphatic hydroxyl groups is 5. The summed E-state index contributed by atoms with van der Waals surface area (Å²) in [6.07, 6.45) is 25.4. The lowest BCUT2D eigenvalue weighted by Crippen LogP contribution is -2.60. The van der Waals surface area contributed by atoms with E-state index in [1.165, 1.54) is 11.1 Å². The molecule has 8 unspecified atom stereocenters. The standard InChI is InChI=1S/C51H70O8/c1-31(2)40-28-42(53)46(54)36(7)39(40)26-24-34(5)20-13-18-32(3)16-11-12-17-33(4)19-14-21-35(6)25-27-41-37(8)45(38-22-15-23-38)43(29-51(41,9)10)58-50-49(57)48(56)47(55)44(30-52)59-50/h11-14,16-21,24-27,31,40,42-44,47-50,52-53,55-57H,15,22-23,28-30H2,1-10H3/b12-11+,18-13+,19-14+,26-24+,27-25+,32-16+,33-17+,34-20+,35-21+. The van der Waals surface area contributed by atoms with Crippen LogP contribution in [-0.4, -0.2) is 80.8 Å². The van der Waals surface area contributed by atoms with Gasteiger partial charge in [-0.1, -0.05) is 141 Å². The maximum Gasteiger partial charge on any atom is 0.187 e. The Hall–Kier alpha value is -3.73. The second-order valence-electron chi connectivity index (χ2n) is 17.8. The van der Waals surface area contributed by atoms with Gasteiger partial charge in [-0.25, -0.2) is 0 Å². The second-order valence-corrected chi connectivity index (χ2v) is 17.8. The molecular formula is C51H70O8. The molecule has 4 aliphatic rings. The molecule has 0 aromatic rings. The molecule has 1 heterocycles. The molecule has 5 N–H and O–H groups in total. The van der Waals surface area contributed by atoms with Crippen LogP contribution in [0.1, 0.15) is 101 Å². The minimum Gasteiger partial charge on any atom is -0.394 e. The molecule has 1 aliphatic heterocycles. The maximum absolute atomic E-state index is 12.4. The van der Waals surface area contributed by atoms with E-state index in [2.05, 4.69) is 110 Å². The number of allylic oxidation sites excluding steroid dienone is 21. The topological polar surface area (TPSA) is 137 Å². The second kappa shape index (κ2) is 21.7. The van der Waals surface area contributed by atoms with E-state index in [0.29, 0.717) is 24.3 Å². The molecule has 0 aromatic carbocycles. The number of rotatable bonds is 14. The number of ketones is 1. The third-order valence-corrected chi connectivity index (χ3v) is 12.1. The van der Waals surface area contributed by atoms with E-state index >= 15 is 0 Å². The highest BCUT2D eigenvalue weighted by Gasteiger charge is 2.47. The van der Waals surface area contributed by atoms with Crippen molar-refractivity contribution < 1.29 is 39.8 Å². The zero-order valence-corrected chi connectivity index (χ0v) is 37.0. The first-order valence-electron chi connectivity index (χ1n) is 21.3. The van der Waals surface area contributed by atoms with Gasteiger partial charge in [-0.2, -0.15) is 0 Å². The molecule has 8 atom stereocenters. The van der Waals surface area contributed by atoms with E-state index in [0.717, 1.165) is 58.3 Å². The fourth-order valence-electron chi connectivity index (χ4n) is 8.29. The Kier molecular flexibility index (Phi) is 17.6. The van der Waals surface area contributed by atoms with Crippen LogP contribution in [0.4, 0.5) is 0 Å². The molecule has 0 spiro atoms. The fraction of sp³-hybridized carbons (Fsp3) is 0.510. The van der Waals surface area contributed by atoms with Gasteiger partial charge in [0, 0.05) is 0 Å². The summed E-state index contributed by atoms with van der Waals surface area (Å²) in [6.45, 7) is 20.4. The van der Waals surface area contributed by atoms with Crippen LogP contribution in [0.3, 0.4) is 0 Å². The molecule has 0 radical (unpaired) electrons. The molecule has 0 amide bonds. The number of hydrogen-bond acceptors (Lipinski definition) is 8. The van der Waals surface area contributed by atoms with E-state index in [9.17, 15) is 30.3 Å². The van der Waals surface area contributed by atoms with Gasteiger partial charge in [-0.15, -0.1) is 0 Å². The molecule has 2 fully saturated rings. The summed E-state index contributed by atoms with van der Waals surface area (Å²) in [6, 6.07) is 0. The molecular weight excluding hydrogens is 741 g/mol. The highest BCUT2D eigenvalue weighted by Crippen LogP contribution is 2.48. The molecule has 0 bridgehead atoms. The van der Waals surface area contributed by atoms with Crippen molar-refractivity contribution in [3.63, 3.8) is 0 Å². The van der Waals surface area contributed by atoms with Gasteiger partial charge in [0.05, 0.1) is 12.7 Å². The first kappa shape index (κ1) is 47.9. The third-order valence-electron chi connectivity index (χ3n) is 12.1. The monoisotopic (exact) mass is 811 g/mol. The Morgan fingerprint density at radius 3 is 1.85 bits per heavy atom. The normalized spacial score (nSPS) is 30.9. The average Bonchev–Trinajstić information content (AvgIpc) is 3.15. The minimum atomic E-state index is -1.48. The van der Waals surface area contributed by atoms with Crippen molar-refractivity contribution in [1.29, 1.82) is 0 Å². The van der Waals surface area contributed by atoms with Crippen LogP contribution in [0, 0.1) is 17.3 Å². The van der Waals surface area contributed by atoms with Crippen molar-refractivity contribution in [2.45, 2.75) is 144 Å². The lowest BCUT2D eigenvalue weighted by molar-refractivity contribution is -0.309. The minimum absolute atomic E-state index is 0.165. The number of carbonyl (C=O) groups excluding carboxylic acids is 1. The van der Waals surface area contributed by atoms with Crippen LogP contribution in [0.15, 0.2) is 141 Å². The van der Waals surface area contributed by atoms with Crippen molar-refractivity contribution >= 4 is 5.78 Å². The Balaban J connectivity index is 1.36. The van der Waals surface area contributed by atoms with Crippen LogP contribution < -0.4 is 0 Å². The summed E-state index contributed by atoms with van der Waals surface area (Å²) >= 11 is 0.